The maximum atomic E-state index is 6.73. The molecule has 0 saturated heterocycles. The minimum atomic E-state index is -0.961. The van der Waals surface area contributed by atoms with Crippen LogP contribution in [0.25, 0.3) is 11.1 Å². The van der Waals surface area contributed by atoms with Crippen LogP contribution in [0.3, 0.4) is 0 Å². The smallest absolute Gasteiger partial charge is 0.0909 e. The molecular weight excluding hydrogens is 414 g/mol. The molecule has 0 atom stereocenters. The summed E-state index contributed by atoms with van der Waals surface area (Å²) < 4.78 is -0.961. The van der Waals surface area contributed by atoms with E-state index in [-0.39, 0.29) is 37.0 Å². The Hall–Kier alpha value is -0.0969. The van der Waals surface area contributed by atoms with Gasteiger partial charge in [0.2, 0.25) is 0 Å². The van der Waals surface area contributed by atoms with Crippen LogP contribution in [0.4, 0.5) is 0 Å². The Labute approximate surface area is 175 Å². The van der Waals surface area contributed by atoms with Gasteiger partial charge >= 0.3 is 0 Å². The third-order valence-electron chi connectivity index (χ3n) is 4.74. The molecule has 0 aliphatic heterocycles. The first kappa shape index (κ1) is 20.2. The summed E-state index contributed by atoms with van der Waals surface area (Å²) in [5.74, 6) is 0. The molecule has 3 rings (SSSR count). The fourth-order valence-corrected chi connectivity index (χ4v) is 3.82. The Morgan fingerprint density at radius 3 is 1.29 bits per heavy atom. The summed E-state index contributed by atoms with van der Waals surface area (Å²) in [6, 6.07) is 13.0. The molecule has 0 fully saturated rings. The van der Waals surface area contributed by atoms with E-state index >= 15 is 0 Å². The van der Waals surface area contributed by atoms with Gasteiger partial charge in [-0.2, -0.15) is 0 Å². The van der Waals surface area contributed by atoms with Crippen LogP contribution in [0.5, 0.6) is 0 Å². The molecule has 0 nitrogen and oxygen atoms in total. The molecule has 3 heteroatoms. The van der Waals surface area contributed by atoms with Gasteiger partial charge in [-0.15, -0.1) is 0 Å². The topological polar surface area (TPSA) is 0 Å². The average molecular weight is 439 g/mol. The van der Waals surface area contributed by atoms with Crippen molar-refractivity contribution in [3.63, 3.8) is 0 Å². The van der Waals surface area contributed by atoms with Gasteiger partial charge < -0.3 is 0 Å². The van der Waals surface area contributed by atoms with Crippen molar-refractivity contribution in [2.45, 2.75) is 56.7 Å². The van der Waals surface area contributed by atoms with E-state index in [1.165, 1.54) is 22.3 Å². The van der Waals surface area contributed by atoms with E-state index in [1.54, 1.807) is 0 Å². The standard InChI is InChI=1S/C21H24Cl2.Zr/c1-19(2,3)13-7-9-17-15(11-13)16-12-14(20(4,5)6)8-10-18(16)21(17,22)23;/h7-12H,1-6H3;. The van der Waals surface area contributed by atoms with Crippen LogP contribution in [0.15, 0.2) is 36.4 Å². The molecule has 1 aliphatic rings. The molecule has 1 aliphatic carbocycles. The third-order valence-corrected chi connectivity index (χ3v) is 5.55. The Kier molecular flexibility index (Phi) is 5.27. The molecule has 24 heavy (non-hydrogen) atoms. The summed E-state index contributed by atoms with van der Waals surface area (Å²) >= 11 is 13.5. The quantitative estimate of drug-likeness (QED) is 0.391. The van der Waals surface area contributed by atoms with Crippen molar-refractivity contribution >= 4 is 23.2 Å². The maximum Gasteiger partial charge on any atom is 0.169 e. The number of rotatable bonds is 0. The molecule has 0 bridgehead atoms. The minimum absolute atomic E-state index is 0. The summed E-state index contributed by atoms with van der Waals surface area (Å²) in [5.41, 5.74) is 7.13. The molecule has 0 heterocycles. The van der Waals surface area contributed by atoms with Gasteiger partial charge in [-0.1, -0.05) is 101 Å². The zero-order valence-corrected chi connectivity index (χ0v) is 19.2. The Balaban J connectivity index is 0.00000208. The molecule has 0 unspecified atom stereocenters. The van der Waals surface area contributed by atoms with Gasteiger partial charge in [-0.05, 0) is 33.1 Å². The first-order valence-electron chi connectivity index (χ1n) is 8.10. The number of halogens is 2. The average Bonchev–Trinajstić information content (AvgIpc) is 2.65. The molecule has 0 spiro atoms. The van der Waals surface area contributed by atoms with Gasteiger partial charge in [0.05, 0.1) is 0 Å². The number of hydrogen-bond donors (Lipinski definition) is 0. The fourth-order valence-electron chi connectivity index (χ4n) is 3.16. The molecule has 0 amide bonds. The molecule has 0 radical (unpaired) electrons. The summed E-state index contributed by atoms with van der Waals surface area (Å²) in [7, 11) is 0. The molecular formula is C21H24Cl2Zr. The zero-order valence-electron chi connectivity index (χ0n) is 15.2. The normalized spacial score (nSPS) is 15.5. The van der Waals surface area contributed by atoms with Gasteiger partial charge in [0.25, 0.3) is 0 Å². The molecule has 0 aromatic heterocycles. The zero-order chi connectivity index (χ0) is 17.2. The van der Waals surface area contributed by atoms with Crippen molar-refractivity contribution in [2.24, 2.45) is 0 Å². The molecule has 2 aromatic carbocycles. The van der Waals surface area contributed by atoms with Gasteiger partial charge in [0.15, 0.2) is 4.33 Å². The third kappa shape index (κ3) is 3.29. The van der Waals surface area contributed by atoms with E-state index in [1.807, 2.05) is 0 Å². The van der Waals surface area contributed by atoms with Gasteiger partial charge in [0, 0.05) is 37.3 Å². The molecule has 126 valence electrons. The predicted molar refractivity (Wildman–Crippen MR) is 102 cm³/mol. The van der Waals surface area contributed by atoms with E-state index < -0.39 is 4.33 Å². The number of alkyl halides is 2. The van der Waals surface area contributed by atoms with Crippen LogP contribution < -0.4 is 0 Å². The largest absolute Gasteiger partial charge is 0.169 e. The maximum absolute atomic E-state index is 6.73. The van der Waals surface area contributed by atoms with Crippen LogP contribution >= 0.6 is 23.2 Å². The van der Waals surface area contributed by atoms with Crippen LogP contribution in [0, 0.1) is 0 Å². The van der Waals surface area contributed by atoms with Crippen LogP contribution in [-0.4, -0.2) is 0 Å². The first-order valence-corrected chi connectivity index (χ1v) is 8.86. The second kappa shape index (κ2) is 6.26. The van der Waals surface area contributed by atoms with E-state index in [0.29, 0.717) is 0 Å². The Morgan fingerprint density at radius 2 is 1.00 bits per heavy atom. The van der Waals surface area contributed by atoms with Crippen molar-refractivity contribution < 1.29 is 26.2 Å². The Morgan fingerprint density at radius 1 is 0.667 bits per heavy atom. The van der Waals surface area contributed by atoms with Crippen molar-refractivity contribution in [1.82, 2.24) is 0 Å². The fraction of sp³-hybridized carbons (Fsp3) is 0.429. The van der Waals surface area contributed by atoms with Crippen molar-refractivity contribution in [3.8, 4) is 11.1 Å². The number of hydrogen-bond acceptors (Lipinski definition) is 0. The second-order valence-electron chi connectivity index (χ2n) is 8.60. The summed E-state index contributed by atoms with van der Waals surface area (Å²) in [4.78, 5) is 0. The number of fused-ring (bicyclic) bond motifs is 3. The first-order chi connectivity index (χ1) is 10.4. The van der Waals surface area contributed by atoms with Gasteiger partial charge in [-0.25, -0.2) is 0 Å². The molecule has 0 N–H and O–H groups in total. The summed E-state index contributed by atoms with van der Waals surface area (Å²) in [6.45, 7) is 13.4. The SMILES string of the molecule is CC(C)(C)c1ccc2c(c1)-c1cc(C(C)(C)C)ccc1C2(Cl)Cl.[Zr]. The van der Waals surface area contributed by atoms with E-state index in [2.05, 4.69) is 77.9 Å². The number of benzene rings is 2. The molecule has 0 saturated carbocycles. The summed E-state index contributed by atoms with van der Waals surface area (Å²) in [6.07, 6.45) is 0. The summed E-state index contributed by atoms with van der Waals surface area (Å²) in [5, 5.41) is 0. The van der Waals surface area contributed by atoms with Crippen molar-refractivity contribution in [1.29, 1.82) is 0 Å². The van der Waals surface area contributed by atoms with E-state index in [0.717, 1.165) is 11.1 Å². The predicted octanol–water partition coefficient (Wildman–Crippen LogP) is 6.94. The monoisotopic (exact) mass is 436 g/mol. The van der Waals surface area contributed by atoms with Crippen LogP contribution in [0.2, 0.25) is 0 Å². The van der Waals surface area contributed by atoms with E-state index in [9.17, 15) is 0 Å². The van der Waals surface area contributed by atoms with Crippen molar-refractivity contribution in [2.75, 3.05) is 0 Å². The van der Waals surface area contributed by atoms with Crippen LogP contribution in [0.1, 0.15) is 63.8 Å². The van der Waals surface area contributed by atoms with E-state index in [4.69, 9.17) is 23.2 Å². The second-order valence-corrected chi connectivity index (χ2v) is 9.92. The van der Waals surface area contributed by atoms with Gasteiger partial charge in [0.1, 0.15) is 0 Å². The van der Waals surface area contributed by atoms with Crippen molar-refractivity contribution in [3.05, 3.63) is 58.7 Å². The minimum Gasteiger partial charge on any atom is -0.0909 e. The van der Waals surface area contributed by atoms with Gasteiger partial charge in [-0.3, -0.25) is 0 Å². The van der Waals surface area contributed by atoms with Crippen LogP contribution in [-0.2, 0) is 41.4 Å². The Bertz CT molecular complexity index is 712. The molecule has 2 aromatic rings.